The maximum absolute atomic E-state index is 14.3. The number of aromatic nitrogens is 2. The van der Waals surface area contributed by atoms with Crippen LogP contribution in [0.1, 0.15) is 36.6 Å². The number of ether oxygens (including phenoxy) is 2. The van der Waals surface area contributed by atoms with Crippen LogP contribution in [0.4, 0.5) is 0 Å². The molecule has 7 rings (SSSR count). The third-order valence-electron chi connectivity index (χ3n) is 8.34. The summed E-state index contributed by atoms with van der Waals surface area (Å²) in [5, 5.41) is 3.47. The Balaban J connectivity index is 1.38. The number of esters is 1. The maximum Gasteiger partial charge on any atom is 0.338 e. The van der Waals surface area contributed by atoms with E-state index in [1.807, 2.05) is 36.4 Å². The van der Waals surface area contributed by atoms with Crippen molar-refractivity contribution in [2.75, 3.05) is 13.7 Å². The van der Waals surface area contributed by atoms with Crippen LogP contribution in [-0.4, -0.2) is 28.8 Å². The number of carbonyl (C=O) groups excluding carboxylic acids is 1. The van der Waals surface area contributed by atoms with Gasteiger partial charge in [0, 0.05) is 29.2 Å². The topological polar surface area (TPSA) is 74.8 Å². The van der Waals surface area contributed by atoms with Gasteiger partial charge in [-0.2, -0.15) is 0 Å². The normalized spacial score (nSPS) is 14.9. The van der Waals surface area contributed by atoms with Gasteiger partial charge in [-0.05, 0) is 76.0 Å². The van der Waals surface area contributed by atoms with Gasteiger partial charge >= 0.3 is 5.97 Å². The van der Waals surface area contributed by atoms with Crippen LogP contribution in [0, 0.1) is 0 Å². The molecule has 46 heavy (non-hydrogen) atoms. The van der Waals surface area contributed by atoms with Crippen LogP contribution < -0.4 is 19.6 Å². The van der Waals surface area contributed by atoms with E-state index in [2.05, 4.69) is 81.3 Å². The third kappa shape index (κ3) is 5.19. The van der Waals surface area contributed by atoms with Crippen molar-refractivity contribution in [3.63, 3.8) is 0 Å². The van der Waals surface area contributed by atoms with E-state index in [9.17, 15) is 9.59 Å². The lowest BCUT2D eigenvalue weighted by atomic mass is 9.96. The number of hydrogen-bond donors (Lipinski definition) is 0. The molecule has 230 valence electrons. The largest absolute Gasteiger partial charge is 0.496 e. The fourth-order valence-corrected chi connectivity index (χ4v) is 7.83. The van der Waals surface area contributed by atoms with Crippen molar-refractivity contribution in [3.05, 3.63) is 143 Å². The van der Waals surface area contributed by atoms with E-state index in [1.54, 1.807) is 25.5 Å². The van der Waals surface area contributed by atoms with Gasteiger partial charge in [0.25, 0.3) is 5.56 Å². The number of halogens is 1. The van der Waals surface area contributed by atoms with E-state index < -0.39 is 12.0 Å². The lowest BCUT2D eigenvalue weighted by Crippen LogP contribution is -2.39. The minimum Gasteiger partial charge on any atom is -0.496 e. The highest BCUT2D eigenvalue weighted by molar-refractivity contribution is 9.10. The van der Waals surface area contributed by atoms with Gasteiger partial charge in [-0.15, -0.1) is 0 Å². The molecular formula is C37H30BrN3O4S. The minimum absolute atomic E-state index is 0.210. The number of nitrogens with zero attached hydrogens (tertiary/aromatic N) is 3. The monoisotopic (exact) mass is 691 g/mol. The number of allylic oxidation sites excluding steroid dienone is 1. The van der Waals surface area contributed by atoms with Crippen molar-refractivity contribution >= 4 is 61.0 Å². The molecule has 0 spiro atoms. The molecule has 0 fully saturated rings. The van der Waals surface area contributed by atoms with Gasteiger partial charge in [-0.1, -0.05) is 78.1 Å². The average molecular weight is 693 g/mol. The van der Waals surface area contributed by atoms with Gasteiger partial charge in [0.1, 0.15) is 5.75 Å². The molecule has 3 heterocycles. The number of carbonyl (C=O) groups is 1. The van der Waals surface area contributed by atoms with E-state index >= 15 is 0 Å². The summed E-state index contributed by atoms with van der Waals surface area (Å²) < 4.78 is 16.0. The molecule has 1 aliphatic rings. The standard InChI is InChI=1S/C37H30BrN3O4S/c1-4-45-36(43)33-22(2)39-37-41(34(33)24-16-17-31(44-3)29(38)18-24)35(42)32(46-37)19-26-21-40(30-15-8-7-14-28(26)30)20-25-12-9-11-23-10-5-6-13-27(23)25/h5-19,21,34H,4,20H2,1-3H3/b32-19-/t34-/m0/s1. The van der Waals surface area contributed by atoms with Crippen LogP contribution in [0.5, 0.6) is 5.75 Å². The second-order valence-electron chi connectivity index (χ2n) is 11.1. The third-order valence-corrected chi connectivity index (χ3v) is 9.94. The first kappa shape index (κ1) is 30.0. The van der Waals surface area contributed by atoms with Gasteiger partial charge in [-0.3, -0.25) is 9.36 Å². The fourth-order valence-electron chi connectivity index (χ4n) is 6.24. The Morgan fingerprint density at radius 3 is 2.57 bits per heavy atom. The molecule has 0 saturated carbocycles. The Labute approximate surface area is 277 Å². The predicted molar refractivity (Wildman–Crippen MR) is 186 cm³/mol. The predicted octanol–water partition coefficient (Wildman–Crippen LogP) is 6.73. The number of para-hydroxylation sites is 1. The molecule has 6 aromatic rings. The zero-order valence-electron chi connectivity index (χ0n) is 25.5. The summed E-state index contributed by atoms with van der Waals surface area (Å²) in [6.45, 7) is 4.45. The van der Waals surface area contributed by atoms with Gasteiger partial charge in [0.15, 0.2) is 4.80 Å². The molecule has 0 aliphatic carbocycles. The maximum atomic E-state index is 14.3. The van der Waals surface area contributed by atoms with E-state index in [0.29, 0.717) is 37.4 Å². The van der Waals surface area contributed by atoms with Crippen LogP contribution >= 0.6 is 27.3 Å². The lowest BCUT2D eigenvalue weighted by molar-refractivity contribution is -0.139. The second kappa shape index (κ2) is 12.2. The number of fused-ring (bicyclic) bond motifs is 3. The molecule has 1 aliphatic heterocycles. The first-order chi connectivity index (χ1) is 22.4. The molecular weight excluding hydrogens is 662 g/mol. The van der Waals surface area contributed by atoms with Gasteiger partial charge in [0.05, 0.1) is 40.0 Å². The molecule has 7 nitrogen and oxygen atoms in total. The van der Waals surface area contributed by atoms with Crippen LogP contribution in [-0.2, 0) is 16.1 Å². The second-order valence-corrected chi connectivity index (χ2v) is 12.9. The van der Waals surface area contributed by atoms with E-state index in [0.717, 1.165) is 22.0 Å². The molecule has 0 bridgehead atoms. The van der Waals surface area contributed by atoms with E-state index in [4.69, 9.17) is 14.5 Å². The Bertz CT molecular complexity index is 2380. The van der Waals surface area contributed by atoms with Crippen LogP contribution in [0.15, 0.2) is 117 Å². The molecule has 4 aromatic carbocycles. The van der Waals surface area contributed by atoms with Crippen molar-refractivity contribution in [1.29, 1.82) is 0 Å². The Kier molecular flexibility index (Phi) is 7.96. The van der Waals surface area contributed by atoms with E-state index in [-0.39, 0.29) is 12.2 Å². The quantitative estimate of drug-likeness (QED) is 0.174. The van der Waals surface area contributed by atoms with Crippen molar-refractivity contribution in [2.24, 2.45) is 4.99 Å². The Hall–Kier alpha value is -4.73. The first-order valence-electron chi connectivity index (χ1n) is 15.0. The highest BCUT2D eigenvalue weighted by Crippen LogP contribution is 2.35. The Morgan fingerprint density at radius 2 is 1.78 bits per heavy atom. The molecule has 0 N–H and O–H groups in total. The van der Waals surface area contributed by atoms with E-state index in [1.165, 1.54) is 27.7 Å². The smallest absolute Gasteiger partial charge is 0.338 e. The van der Waals surface area contributed by atoms with Crippen LogP contribution in [0.3, 0.4) is 0 Å². The van der Waals surface area contributed by atoms with Gasteiger partial charge in [-0.25, -0.2) is 9.79 Å². The highest BCUT2D eigenvalue weighted by Gasteiger charge is 2.33. The fraction of sp³-hybridized carbons (Fsp3) is 0.162. The molecule has 0 unspecified atom stereocenters. The number of thiazole rings is 1. The minimum atomic E-state index is -0.715. The molecule has 9 heteroatoms. The van der Waals surface area contributed by atoms with Crippen LogP contribution in [0.2, 0.25) is 0 Å². The average Bonchev–Trinajstić information content (AvgIpc) is 3.56. The van der Waals surface area contributed by atoms with Crippen molar-refractivity contribution in [2.45, 2.75) is 26.4 Å². The molecule has 0 radical (unpaired) electrons. The lowest BCUT2D eigenvalue weighted by Gasteiger charge is -2.25. The number of rotatable bonds is 7. The van der Waals surface area contributed by atoms with Gasteiger partial charge < -0.3 is 14.0 Å². The summed E-state index contributed by atoms with van der Waals surface area (Å²) in [5.74, 6) is 0.154. The van der Waals surface area contributed by atoms with Crippen molar-refractivity contribution < 1.29 is 14.3 Å². The number of benzene rings is 4. The summed E-state index contributed by atoms with van der Waals surface area (Å²) >= 11 is 4.89. The zero-order chi connectivity index (χ0) is 31.9. The zero-order valence-corrected chi connectivity index (χ0v) is 27.9. The van der Waals surface area contributed by atoms with Gasteiger partial charge in [0.2, 0.25) is 0 Å². The number of methoxy groups -OCH3 is 1. The number of hydrogen-bond acceptors (Lipinski definition) is 6. The summed E-state index contributed by atoms with van der Waals surface area (Å²) in [7, 11) is 1.59. The molecule has 0 amide bonds. The molecule has 2 aromatic heterocycles. The first-order valence-corrected chi connectivity index (χ1v) is 16.6. The Morgan fingerprint density at radius 1 is 1.02 bits per heavy atom. The van der Waals surface area contributed by atoms with Crippen LogP contribution in [0.25, 0.3) is 27.8 Å². The van der Waals surface area contributed by atoms with Crippen molar-refractivity contribution in [1.82, 2.24) is 9.13 Å². The molecule has 0 saturated heterocycles. The van der Waals surface area contributed by atoms with Crippen molar-refractivity contribution in [3.8, 4) is 5.75 Å². The highest BCUT2D eigenvalue weighted by atomic mass is 79.9. The SMILES string of the molecule is CCOC(=O)C1=C(C)N=c2s/c(=C\c3cn(Cc4cccc5ccccc45)c4ccccc34)c(=O)n2[C@H]1c1ccc(OC)c(Br)c1. The summed E-state index contributed by atoms with van der Waals surface area (Å²) in [6.07, 6.45) is 4.05. The summed E-state index contributed by atoms with van der Waals surface area (Å²) in [4.78, 5) is 32.9. The molecule has 1 atom stereocenters. The summed E-state index contributed by atoms with van der Waals surface area (Å²) in [6, 6.07) is 27.9. The summed E-state index contributed by atoms with van der Waals surface area (Å²) in [5.41, 5.74) is 4.61.